The third kappa shape index (κ3) is 4.96. The molecule has 3 aromatic heterocycles. The van der Waals surface area contributed by atoms with Gasteiger partial charge in [0, 0.05) is 34.0 Å². The highest BCUT2D eigenvalue weighted by atomic mass is 15.0. The van der Waals surface area contributed by atoms with Gasteiger partial charge in [0.05, 0.1) is 16.8 Å². The van der Waals surface area contributed by atoms with Crippen molar-refractivity contribution in [3.8, 4) is 78.9 Å². The molecule has 2 aliphatic rings. The zero-order chi connectivity index (χ0) is 40.8. The number of benzene rings is 8. The lowest BCUT2D eigenvalue weighted by Crippen LogP contribution is -2.25. The van der Waals surface area contributed by atoms with Crippen molar-refractivity contribution in [2.75, 3.05) is 0 Å². The summed E-state index contributed by atoms with van der Waals surface area (Å²) in [6, 6.07) is 73.4. The van der Waals surface area contributed by atoms with Gasteiger partial charge >= 0.3 is 0 Å². The molecule has 0 saturated carbocycles. The molecule has 0 unspecified atom stereocenters. The highest BCUT2D eigenvalue weighted by Gasteiger charge is 2.51. The fourth-order valence-corrected chi connectivity index (χ4v) is 10.3. The van der Waals surface area contributed by atoms with Crippen LogP contribution < -0.4 is 0 Å². The SMILES string of the molecule is c1ccc(-c2nc(-c3ccc4c(c3)C3(c5ccccc5-c5ccccc53)c3ccccc3-4)nc(-c3cc(-c4nc5ccccn5c4-c4ccccc4)cc4ccccc34)n2)cc1. The van der Waals surface area contributed by atoms with Gasteiger partial charge in [-0.05, 0) is 85.6 Å². The maximum Gasteiger partial charge on any atom is 0.164 e. The second kappa shape index (κ2) is 13.4. The van der Waals surface area contributed by atoms with E-state index in [9.17, 15) is 0 Å². The molecule has 1 spiro atoms. The molecule has 5 nitrogen and oxygen atoms in total. The largest absolute Gasteiger partial charge is 0.299 e. The number of pyridine rings is 1. The van der Waals surface area contributed by atoms with E-state index in [1.54, 1.807) is 0 Å². The summed E-state index contributed by atoms with van der Waals surface area (Å²) in [5.74, 6) is 1.84. The van der Waals surface area contributed by atoms with Gasteiger partial charge < -0.3 is 0 Å². The fraction of sp³-hybridized carbons (Fsp3) is 0.0175. The van der Waals surface area contributed by atoms with Crippen LogP contribution in [0.3, 0.4) is 0 Å². The van der Waals surface area contributed by atoms with E-state index in [4.69, 9.17) is 19.9 Å². The van der Waals surface area contributed by atoms with Crippen LogP contribution in [-0.4, -0.2) is 24.3 Å². The van der Waals surface area contributed by atoms with Crippen molar-refractivity contribution < 1.29 is 0 Å². The molecule has 2 aliphatic carbocycles. The van der Waals surface area contributed by atoms with E-state index in [1.165, 1.54) is 44.5 Å². The first-order valence-electron chi connectivity index (χ1n) is 21.1. The normalized spacial score (nSPS) is 13.0. The van der Waals surface area contributed by atoms with E-state index >= 15 is 0 Å². The molecule has 13 rings (SSSR count). The van der Waals surface area contributed by atoms with Crippen molar-refractivity contribution in [1.29, 1.82) is 0 Å². The smallest absolute Gasteiger partial charge is 0.164 e. The van der Waals surface area contributed by atoms with Crippen molar-refractivity contribution >= 4 is 16.4 Å². The van der Waals surface area contributed by atoms with Gasteiger partial charge in [0.25, 0.3) is 0 Å². The van der Waals surface area contributed by atoms with Gasteiger partial charge in [-0.1, -0.05) is 176 Å². The lowest BCUT2D eigenvalue weighted by molar-refractivity contribution is 0.794. The Morgan fingerprint density at radius 1 is 0.339 bits per heavy atom. The number of hydrogen-bond donors (Lipinski definition) is 0. The summed E-state index contributed by atoms with van der Waals surface area (Å²) in [5.41, 5.74) is 17.4. The van der Waals surface area contributed by atoms with Gasteiger partial charge in [-0.2, -0.15) is 0 Å². The highest BCUT2D eigenvalue weighted by molar-refractivity contribution is 6.01. The summed E-state index contributed by atoms with van der Waals surface area (Å²) in [6.07, 6.45) is 2.09. The lowest BCUT2D eigenvalue weighted by Gasteiger charge is -2.30. The molecule has 0 bridgehead atoms. The average molecular weight is 790 g/mol. The second-order valence-electron chi connectivity index (χ2n) is 16.2. The number of rotatable bonds is 5. The Hall–Kier alpha value is -8.28. The van der Waals surface area contributed by atoms with Crippen LogP contribution in [0.25, 0.3) is 95.4 Å². The van der Waals surface area contributed by atoms with E-state index in [1.807, 2.05) is 24.3 Å². The van der Waals surface area contributed by atoms with E-state index in [0.29, 0.717) is 17.5 Å². The highest BCUT2D eigenvalue weighted by Crippen LogP contribution is 2.63. The minimum atomic E-state index is -0.484. The Morgan fingerprint density at radius 3 is 1.58 bits per heavy atom. The van der Waals surface area contributed by atoms with E-state index in [0.717, 1.165) is 55.6 Å². The monoisotopic (exact) mass is 789 g/mol. The Bertz CT molecular complexity index is 3530. The molecule has 0 aliphatic heterocycles. The maximum absolute atomic E-state index is 5.44. The molecule has 62 heavy (non-hydrogen) atoms. The summed E-state index contributed by atoms with van der Waals surface area (Å²) in [5, 5.41) is 2.13. The van der Waals surface area contributed by atoms with Crippen LogP contribution in [0.1, 0.15) is 22.3 Å². The maximum atomic E-state index is 5.44. The van der Waals surface area contributed by atoms with Crippen molar-refractivity contribution in [1.82, 2.24) is 24.3 Å². The third-order valence-electron chi connectivity index (χ3n) is 12.9. The number of aromatic nitrogens is 5. The Morgan fingerprint density at radius 2 is 0.887 bits per heavy atom. The Balaban J connectivity index is 1.06. The number of hydrogen-bond acceptors (Lipinski definition) is 4. The summed E-state index contributed by atoms with van der Waals surface area (Å²) in [7, 11) is 0. The van der Waals surface area contributed by atoms with Gasteiger partial charge in [-0.3, -0.25) is 4.40 Å². The van der Waals surface area contributed by atoms with Crippen molar-refractivity contribution in [3.05, 3.63) is 235 Å². The molecule has 11 aromatic rings. The predicted molar refractivity (Wildman–Crippen MR) is 250 cm³/mol. The van der Waals surface area contributed by atoms with Crippen LogP contribution in [0.15, 0.2) is 212 Å². The van der Waals surface area contributed by atoms with Crippen LogP contribution in [0.2, 0.25) is 0 Å². The summed E-state index contributed by atoms with van der Waals surface area (Å²) in [4.78, 5) is 21.3. The first-order chi connectivity index (χ1) is 30.7. The van der Waals surface area contributed by atoms with E-state index < -0.39 is 5.41 Å². The van der Waals surface area contributed by atoms with Crippen LogP contribution >= 0.6 is 0 Å². The number of fused-ring (bicyclic) bond motifs is 12. The Kier molecular flexibility index (Phi) is 7.45. The summed E-state index contributed by atoms with van der Waals surface area (Å²) >= 11 is 0. The third-order valence-corrected chi connectivity index (χ3v) is 12.9. The Labute approximate surface area is 358 Å². The average Bonchev–Trinajstić information content (AvgIpc) is 3.98. The molecular formula is C57H35N5. The fourth-order valence-electron chi connectivity index (χ4n) is 10.3. The van der Waals surface area contributed by atoms with Crippen molar-refractivity contribution in [2.24, 2.45) is 0 Å². The van der Waals surface area contributed by atoms with Crippen LogP contribution in [-0.2, 0) is 5.41 Å². The van der Waals surface area contributed by atoms with Gasteiger partial charge in [0.1, 0.15) is 5.65 Å². The summed E-state index contributed by atoms with van der Waals surface area (Å²) in [6.45, 7) is 0. The molecule has 3 heterocycles. The van der Waals surface area contributed by atoms with Crippen molar-refractivity contribution in [3.63, 3.8) is 0 Å². The van der Waals surface area contributed by atoms with Crippen molar-refractivity contribution in [2.45, 2.75) is 5.41 Å². The topological polar surface area (TPSA) is 56.0 Å². The molecule has 0 fully saturated rings. The van der Waals surface area contributed by atoms with Crippen LogP contribution in [0, 0.1) is 0 Å². The molecule has 5 heteroatoms. The predicted octanol–water partition coefficient (Wildman–Crippen LogP) is 13.4. The zero-order valence-electron chi connectivity index (χ0n) is 33.4. The first-order valence-corrected chi connectivity index (χ1v) is 21.1. The van der Waals surface area contributed by atoms with Gasteiger partial charge in [-0.25, -0.2) is 19.9 Å². The minimum absolute atomic E-state index is 0.484. The van der Waals surface area contributed by atoms with Gasteiger partial charge in [0.15, 0.2) is 17.5 Å². The molecule has 288 valence electrons. The number of imidazole rings is 1. The quantitative estimate of drug-likeness (QED) is 0.174. The molecule has 0 radical (unpaired) electrons. The van der Waals surface area contributed by atoms with E-state index in [-0.39, 0.29) is 0 Å². The van der Waals surface area contributed by atoms with Gasteiger partial charge in [-0.15, -0.1) is 0 Å². The van der Waals surface area contributed by atoms with E-state index in [2.05, 4.69) is 193 Å². The molecule has 0 amide bonds. The molecular weight excluding hydrogens is 755 g/mol. The van der Waals surface area contributed by atoms with Crippen LogP contribution in [0.5, 0.6) is 0 Å². The van der Waals surface area contributed by atoms with Gasteiger partial charge in [0.2, 0.25) is 0 Å². The first kappa shape index (κ1) is 34.6. The zero-order valence-corrected chi connectivity index (χ0v) is 33.4. The minimum Gasteiger partial charge on any atom is -0.299 e. The summed E-state index contributed by atoms with van der Waals surface area (Å²) < 4.78 is 2.17. The lowest BCUT2D eigenvalue weighted by atomic mass is 9.70. The molecule has 0 N–H and O–H groups in total. The molecule has 0 saturated heterocycles. The molecule has 8 aromatic carbocycles. The second-order valence-corrected chi connectivity index (χ2v) is 16.2. The number of nitrogens with zero attached hydrogens (tertiary/aromatic N) is 5. The van der Waals surface area contributed by atoms with Crippen LogP contribution in [0.4, 0.5) is 0 Å². The molecule has 0 atom stereocenters. The standard InChI is InChI=1S/C57H35N5/c1-3-17-36(18-4-1)53-52(58-51-29-15-16-32-62(51)53)40-33-38-21-7-8-22-41(38)46(34-40)56-60-54(37-19-5-2-6-20-37)59-55(61-56)39-30-31-45-44-25-11-14-28-49(44)57(50(45)35-39)47-26-12-9-23-42(47)43-24-10-13-27-48(43)57/h1-35H.